The molecule has 0 aliphatic heterocycles. The summed E-state index contributed by atoms with van der Waals surface area (Å²) in [7, 11) is -3.78. The van der Waals surface area contributed by atoms with Crippen molar-refractivity contribution in [1.82, 2.24) is 0 Å². The zero-order valence-electron chi connectivity index (χ0n) is 23.8. The number of aliphatic imine (C=N–C) groups is 1. The number of hydrogen-bond acceptors (Lipinski definition) is 7. The number of rotatable bonds is 11. The summed E-state index contributed by atoms with van der Waals surface area (Å²) in [5.74, 6) is -2.51. The van der Waals surface area contributed by atoms with Crippen LogP contribution in [0, 0.1) is 12.3 Å². The summed E-state index contributed by atoms with van der Waals surface area (Å²) in [6.07, 6.45) is 1.29. The number of amidine groups is 1. The van der Waals surface area contributed by atoms with E-state index in [1.54, 1.807) is 18.2 Å². The summed E-state index contributed by atoms with van der Waals surface area (Å²) in [4.78, 5) is 14.1. The van der Waals surface area contributed by atoms with Crippen LogP contribution in [0.5, 0.6) is 0 Å². The maximum Gasteiger partial charge on any atom is 0.490 e. The number of carboxylic acids is 1. The molecule has 0 amide bonds. The number of aliphatic carboxylic acids is 1. The number of alkyl halides is 3. The first-order valence-electron chi connectivity index (χ1n) is 13.0. The average molecular weight is 658 g/mol. The summed E-state index contributed by atoms with van der Waals surface area (Å²) >= 11 is 2.55. The molecule has 0 saturated heterocycles. The van der Waals surface area contributed by atoms with Crippen LogP contribution in [-0.2, 0) is 14.6 Å². The van der Waals surface area contributed by atoms with Gasteiger partial charge in [-0.25, -0.2) is 13.2 Å². The average Bonchev–Trinajstić information content (AvgIpc) is 3.39. The van der Waals surface area contributed by atoms with Gasteiger partial charge < -0.3 is 21.9 Å². The lowest BCUT2D eigenvalue weighted by atomic mass is 10.00. The lowest BCUT2D eigenvalue weighted by Crippen LogP contribution is -2.22. The highest BCUT2D eigenvalue weighted by Gasteiger charge is 2.38. The Balaban J connectivity index is 0.000000821. The van der Waals surface area contributed by atoms with E-state index in [2.05, 4.69) is 17.2 Å². The number of nitrogen functional groups attached to an aromatic ring is 1. The maximum atomic E-state index is 13.5. The first kappa shape index (κ1) is 35.6. The van der Waals surface area contributed by atoms with Gasteiger partial charge in [0.1, 0.15) is 5.84 Å². The van der Waals surface area contributed by atoms with Gasteiger partial charge in [-0.05, 0) is 66.6 Å². The van der Waals surface area contributed by atoms with Crippen molar-refractivity contribution >= 4 is 56.4 Å². The second kappa shape index (κ2) is 15.8. The molecule has 0 aliphatic carbocycles. The molecule has 0 atom stereocenters. The topological polar surface area (TPSA) is 172 Å². The van der Waals surface area contributed by atoms with E-state index in [0.29, 0.717) is 21.6 Å². The number of carboxylic acid groups (broad SMARTS) is 1. The van der Waals surface area contributed by atoms with E-state index in [1.165, 1.54) is 42.0 Å². The number of hydrogen-bond donors (Lipinski definition) is 5. The minimum absolute atomic E-state index is 0.142. The number of aryl methyl sites for hydroxylation is 1. The van der Waals surface area contributed by atoms with E-state index in [9.17, 15) is 21.6 Å². The van der Waals surface area contributed by atoms with Crippen molar-refractivity contribution in [2.45, 2.75) is 59.7 Å². The van der Waals surface area contributed by atoms with E-state index in [4.69, 9.17) is 26.8 Å². The highest BCUT2D eigenvalue weighted by molar-refractivity contribution is 8.01. The highest BCUT2D eigenvalue weighted by Crippen LogP contribution is 2.38. The lowest BCUT2D eigenvalue weighted by Gasteiger charge is -2.12. The Labute approximate surface area is 257 Å². The quantitative estimate of drug-likeness (QED) is 0.0673. The number of unbranched alkanes of at least 4 members (excludes halogenated alkanes) is 3. The number of benzene rings is 2. The van der Waals surface area contributed by atoms with Crippen molar-refractivity contribution in [1.29, 1.82) is 5.41 Å². The molecular weight excluding hydrogens is 624 g/mol. The fourth-order valence-corrected chi connectivity index (χ4v) is 7.67. The molecule has 3 rings (SSSR count). The van der Waals surface area contributed by atoms with Crippen molar-refractivity contribution in [3.63, 3.8) is 0 Å². The predicted molar refractivity (Wildman–Crippen MR) is 167 cm³/mol. The van der Waals surface area contributed by atoms with Crippen LogP contribution in [0.1, 0.15) is 43.0 Å². The second-order valence-electron chi connectivity index (χ2n) is 9.20. The number of nitrogens with zero attached hydrogens (tertiary/aromatic N) is 1. The third-order valence-electron chi connectivity index (χ3n) is 5.90. The number of thioether (sulfide) groups is 1. The van der Waals surface area contributed by atoms with Crippen LogP contribution in [0.15, 0.2) is 67.5 Å². The summed E-state index contributed by atoms with van der Waals surface area (Å²) in [6, 6.07) is 14.2. The first-order valence-corrected chi connectivity index (χ1v) is 16.5. The van der Waals surface area contributed by atoms with Crippen LogP contribution < -0.4 is 16.8 Å². The van der Waals surface area contributed by atoms with Crippen molar-refractivity contribution in [3.8, 4) is 11.1 Å². The number of nitrogens with two attached hydrogens (primary N) is 2. The Morgan fingerprint density at radius 3 is 2.35 bits per heavy atom. The van der Waals surface area contributed by atoms with Gasteiger partial charge in [0.25, 0.3) is 0 Å². The van der Waals surface area contributed by atoms with Crippen LogP contribution in [0.2, 0.25) is 0 Å². The molecule has 1 heterocycles. The van der Waals surface area contributed by atoms with Crippen molar-refractivity contribution in [2.24, 2.45) is 16.5 Å². The molecule has 234 valence electrons. The fourth-order valence-electron chi connectivity index (χ4n) is 3.77. The molecule has 0 aliphatic rings. The van der Waals surface area contributed by atoms with Gasteiger partial charge in [0.2, 0.25) is 9.84 Å². The normalized spacial score (nSPS) is 11.9. The number of anilines is 1. The molecule has 1 aromatic heterocycles. The Kier molecular flexibility index (Phi) is 13.1. The molecule has 2 aromatic carbocycles. The summed E-state index contributed by atoms with van der Waals surface area (Å²) in [6.45, 7) is 4.85. The smallest absolute Gasteiger partial charge is 0.475 e. The number of nitrogens with one attached hydrogen (secondary N) is 2. The van der Waals surface area contributed by atoms with Crippen LogP contribution in [0.3, 0.4) is 0 Å². The van der Waals surface area contributed by atoms with Crippen molar-refractivity contribution in [2.75, 3.05) is 18.1 Å². The van der Waals surface area contributed by atoms with E-state index in [0.717, 1.165) is 35.2 Å². The Morgan fingerprint density at radius 2 is 1.79 bits per heavy atom. The monoisotopic (exact) mass is 657 g/mol. The number of thiophene rings is 1. The summed E-state index contributed by atoms with van der Waals surface area (Å²) < 4.78 is 59.3. The minimum Gasteiger partial charge on any atom is -0.475 e. The van der Waals surface area contributed by atoms with Gasteiger partial charge in [0.05, 0.1) is 18.9 Å². The minimum atomic E-state index is -5.08. The van der Waals surface area contributed by atoms with Gasteiger partial charge in [0, 0.05) is 12.2 Å². The molecule has 0 radical (unpaired) electrons. The molecule has 0 saturated carbocycles. The van der Waals surface area contributed by atoms with Gasteiger partial charge in [-0.15, -0.1) is 23.1 Å². The molecule has 3 aromatic rings. The Morgan fingerprint density at radius 1 is 1.12 bits per heavy atom. The molecule has 9 nitrogen and oxygen atoms in total. The first-order chi connectivity index (χ1) is 20.1. The zero-order valence-corrected chi connectivity index (χ0v) is 26.2. The highest BCUT2D eigenvalue weighted by atomic mass is 32.2. The van der Waals surface area contributed by atoms with Gasteiger partial charge >= 0.3 is 12.1 Å². The molecule has 0 unspecified atom stereocenters. The van der Waals surface area contributed by atoms with E-state index in [1.807, 2.05) is 37.4 Å². The van der Waals surface area contributed by atoms with Crippen molar-refractivity contribution in [3.05, 3.63) is 59.0 Å². The van der Waals surface area contributed by atoms with Gasteiger partial charge in [-0.3, -0.25) is 10.4 Å². The number of carbonyl (C=O) groups is 1. The third-order valence-corrected chi connectivity index (χ3v) is 10.2. The molecule has 0 bridgehead atoms. The molecule has 0 fully saturated rings. The zero-order chi connectivity index (χ0) is 32.4. The lowest BCUT2D eigenvalue weighted by molar-refractivity contribution is -0.192. The largest absolute Gasteiger partial charge is 0.490 e. The maximum absolute atomic E-state index is 13.5. The van der Waals surface area contributed by atoms with Crippen LogP contribution >= 0.6 is 23.1 Å². The van der Waals surface area contributed by atoms with Crippen molar-refractivity contribution < 1.29 is 31.5 Å². The van der Waals surface area contributed by atoms with Gasteiger partial charge in [0.15, 0.2) is 5.96 Å². The predicted octanol–water partition coefficient (Wildman–Crippen LogP) is 6.50. The SMILES string of the molecule is CCCCCCN=C(N)Nc1ccc(-c2cccc(S(=O)(=O)c3cc(C(=N)N)sc3SC)c2)c(C)c1.O=C(O)C(F)(F)F. The Bertz CT molecular complexity index is 1570. The molecule has 0 spiro atoms. The number of guanidine groups is 1. The summed E-state index contributed by atoms with van der Waals surface area (Å²) in [5, 5.41) is 17.9. The van der Waals surface area contributed by atoms with E-state index >= 15 is 0 Å². The van der Waals surface area contributed by atoms with Gasteiger partial charge in [-0.1, -0.05) is 44.4 Å². The fraction of sp³-hybridized carbons (Fsp3) is 0.321. The number of halogens is 3. The van der Waals surface area contributed by atoms with E-state index < -0.39 is 22.0 Å². The second-order valence-corrected chi connectivity index (χ2v) is 13.2. The molecular formula is C28H34F3N5O4S3. The van der Waals surface area contributed by atoms with Crippen LogP contribution in [-0.4, -0.2) is 50.3 Å². The molecule has 15 heteroatoms. The Hall–Kier alpha value is -3.56. The molecule has 43 heavy (non-hydrogen) atoms. The summed E-state index contributed by atoms with van der Waals surface area (Å²) in [5.41, 5.74) is 15.2. The third kappa shape index (κ3) is 10.3. The molecule has 7 N–H and O–H groups in total. The number of sulfone groups is 1. The van der Waals surface area contributed by atoms with E-state index in [-0.39, 0.29) is 15.6 Å². The van der Waals surface area contributed by atoms with Crippen LogP contribution in [0.4, 0.5) is 18.9 Å². The standard InChI is InChI=1S/C26H33N5O2S3.C2HF3O2/c1-4-5-6-7-13-30-26(29)31-19-11-12-21(17(2)14-19)18-9-8-10-20(15-18)36(32,33)23-16-22(24(27)28)35-25(23)34-3;3-2(4,5)1(6)7/h8-12,14-16H,4-7,13H2,1-3H3,(H3,27,28)(H3,29,30,31);(H,6,7). The van der Waals surface area contributed by atoms with Gasteiger partial charge in [-0.2, -0.15) is 13.2 Å². The van der Waals surface area contributed by atoms with Crippen LogP contribution in [0.25, 0.3) is 11.1 Å².